The highest BCUT2D eigenvalue weighted by molar-refractivity contribution is 5.15. The van der Waals surface area contributed by atoms with E-state index in [0.29, 0.717) is 12.3 Å². The molecule has 0 aromatic carbocycles. The zero-order valence-electron chi connectivity index (χ0n) is 9.35. The minimum Gasteiger partial charge on any atom is -0.502 e. The van der Waals surface area contributed by atoms with Crippen LogP contribution in [-0.4, -0.2) is 48.1 Å². The summed E-state index contributed by atoms with van der Waals surface area (Å²) in [4.78, 5) is 15.7. The molecular weight excluding hydrogens is 208 g/mol. The lowest BCUT2D eigenvalue weighted by Gasteiger charge is -2.31. The van der Waals surface area contributed by atoms with Crippen LogP contribution in [0, 0.1) is 0 Å². The average molecular weight is 224 g/mol. The van der Waals surface area contributed by atoms with E-state index in [0.717, 1.165) is 32.4 Å². The molecule has 0 unspecified atom stereocenters. The van der Waals surface area contributed by atoms with E-state index in [1.165, 1.54) is 6.07 Å². The molecule has 16 heavy (non-hydrogen) atoms. The summed E-state index contributed by atoms with van der Waals surface area (Å²) in [5.74, 6) is 0.273. The van der Waals surface area contributed by atoms with Crippen LogP contribution in [0.1, 0.15) is 5.76 Å². The van der Waals surface area contributed by atoms with Gasteiger partial charge in [-0.1, -0.05) is 0 Å². The Balaban J connectivity index is 1.99. The van der Waals surface area contributed by atoms with E-state index in [1.54, 1.807) is 0 Å². The number of aromatic hydroxyl groups is 1. The maximum Gasteiger partial charge on any atom is 0.226 e. The van der Waals surface area contributed by atoms with Crippen molar-refractivity contribution in [2.75, 3.05) is 33.2 Å². The number of hydrogen-bond acceptors (Lipinski definition) is 5. The van der Waals surface area contributed by atoms with Gasteiger partial charge in [0, 0.05) is 32.2 Å². The van der Waals surface area contributed by atoms with Gasteiger partial charge in [0.25, 0.3) is 0 Å². The van der Waals surface area contributed by atoms with Crippen molar-refractivity contribution in [2.24, 2.45) is 0 Å². The first-order chi connectivity index (χ1) is 7.65. The van der Waals surface area contributed by atoms with Crippen molar-refractivity contribution in [2.45, 2.75) is 6.54 Å². The lowest BCUT2D eigenvalue weighted by molar-refractivity contribution is 0.139. The Kier molecular flexibility index (Phi) is 3.26. The van der Waals surface area contributed by atoms with Crippen molar-refractivity contribution in [3.05, 3.63) is 28.3 Å². The Bertz CT molecular complexity index is 408. The Morgan fingerprint density at radius 3 is 2.69 bits per heavy atom. The minimum absolute atomic E-state index is 0.331. The summed E-state index contributed by atoms with van der Waals surface area (Å²) < 4.78 is 5.16. The summed E-state index contributed by atoms with van der Waals surface area (Å²) in [6, 6.07) is 1.35. The summed E-state index contributed by atoms with van der Waals surface area (Å²) >= 11 is 0. The van der Waals surface area contributed by atoms with Crippen LogP contribution in [0.15, 0.2) is 21.5 Å². The highest BCUT2D eigenvalue weighted by atomic mass is 16.4. The number of nitrogens with zero attached hydrogens (tertiary/aromatic N) is 2. The monoisotopic (exact) mass is 224 g/mol. The Morgan fingerprint density at radius 2 is 2.06 bits per heavy atom. The lowest BCUT2D eigenvalue weighted by atomic mass is 10.3. The van der Waals surface area contributed by atoms with Gasteiger partial charge in [0.2, 0.25) is 5.43 Å². The maximum atomic E-state index is 11.2. The second-order valence-corrected chi connectivity index (χ2v) is 4.18. The van der Waals surface area contributed by atoms with Gasteiger partial charge in [-0.3, -0.25) is 9.69 Å². The molecular formula is C11H16N2O3. The van der Waals surface area contributed by atoms with E-state index in [4.69, 9.17) is 9.52 Å². The highest BCUT2D eigenvalue weighted by Crippen LogP contribution is 2.08. The van der Waals surface area contributed by atoms with Gasteiger partial charge in [0.15, 0.2) is 5.75 Å². The molecule has 0 bridgehead atoms. The third kappa shape index (κ3) is 2.62. The molecule has 88 valence electrons. The Morgan fingerprint density at radius 1 is 1.38 bits per heavy atom. The fraction of sp³-hybridized carbons (Fsp3) is 0.545. The second kappa shape index (κ2) is 4.67. The molecule has 0 amide bonds. The van der Waals surface area contributed by atoms with Gasteiger partial charge in [-0.05, 0) is 7.05 Å². The Labute approximate surface area is 93.9 Å². The summed E-state index contributed by atoms with van der Waals surface area (Å²) in [6.45, 7) is 4.64. The van der Waals surface area contributed by atoms with Crippen molar-refractivity contribution in [1.82, 2.24) is 9.80 Å². The second-order valence-electron chi connectivity index (χ2n) is 4.18. The van der Waals surface area contributed by atoms with Crippen molar-refractivity contribution >= 4 is 0 Å². The van der Waals surface area contributed by atoms with E-state index in [-0.39, 0.29) is 11.2 Å². The smallest absolute Gasteiger partial charge is 0.226 e. The first-order valence-corrected chi connectivity index (χ1v) is 5.37. The number of likely N-dealkylation sites (N-methyl/N-ethyl adjacent to an activating group) is 1. The van der Waals surface area contributed by atoms with E-state index < -0.39 is 0 Å². The van der Waals surface area contributed by atoms with Crippen LogP contribution in [0.5, 0.6) is 5.75 Å². The van der Waals surface area contributed by atoms with Crippen molar-refractivity contribution in [3.63, 3.8) is 0 Å². The summed E-state index contributed by atoms with van der Waals surface area (Å²) in [7, 11) is 2.10. The topological polar surface area (TPSA) is 56.9 Å². The van der Waals surface area contributed by atoms with Crippen molar-refractivity contribution in [1.29, 1.82) is 0 Å². The molecule has 0 spiro atoms. The van der Waals surface area contributed by atoms with Gasteiger partial charge in [0.05, 0.1) is 6.54 Å². The van der Waals surface area contributed by atoms with Gasteiger partial charge in [-0.25, -0.2) is 0 Å². The largest absolute Gasteiger partial charge is 0.502 e. The van der Waals surface area contributed by atoms with Crippen LogP contribution in [0.25, 0.3) is 0 Å². The van der Waals surface area contributed by atoms with Crippen LogP contribution >= 0.6 is 0 Å². The first-order valence-electron chi connectivity index (χ1n) is 5.37. The standard InChI is InChI=1S/C11H16N2O3/c1-12-2-4-13(5-3-12)7-9-6-10(14)11(15)8-16-9/h6,8,15H,2-5,7H2,1H3. The SMILES string of the molecule is CN1CCN(Cc2cc(=O)c(O)co2)CC1. The third-order valence-electron chi connectivity index (χ3n) is 2.84. The predicted molar refractivity (Wildman–Crippen MR) is 59.4 cm³/mol. The average Bonchev–Trinajstić information content (AvgIpc) is 2.27. The van der Waals surface area contributed by atoms with Crippen LogP contribution < -0.4 is 5.43 Å². The zero-order chi connectivity index (χ0) is 11.5. The quantitative estimate of drug-likeness (QED) is 0.771. The number of hydrogen-bond donors (Lipinski definition) is 1. The molecule has 1 N–H and O–H groups in total. The third-order valence-corrected chi connectivity index (χ3v) is 2.84. The molecule has 0 aliphatic carbocycles. The highest BCUT2D eigenvalue weighted by Gasteiger charge is 2.15. The number of rotatable bonds is 2. The zero-order valence-corrected chi connectivity index (χ0v) is 9.35. The van der Waals surface area contributed by atoms with Gasteiger partial charge < -0.3 is 14.4 Å². The minimum atomic E-state index is -0.379. The molecule has 0 saturated carbocycles. The summed E-state index contributed by atoms with van der Waals surface area (Å²) in [5.41, 5.74) is -0.379. The van der Waals surface area contributed by atoms with E-state index in [1.807, 2.05) is 0 Å². The molecule has 1 aromatic heterocycles. The molecule has 5 heteroatoms. The molecule has 1 saturated heterocycles. The van der Waals surface area contributed by atoms with E-state index in [9.17, 15) is 4.79 Å². The summed E-state index contributed by atoms with van der Waals surface area (Å²) in [5, 5.41) is 9.06. The van der Waals surface area contributed by atoms with Crippen LogP contribution in [0.4, 0.5) is 0 Å². The molecule has 1 aliphatic heterocycles. The normalized spacial score (nSPS) is 18.8. The Hall–Kier alpha value is -1.33. The molecule has 0 atom stereocenters. The molecule has 2 heterocycles. The van der Waals surface area contributed by atoms with Crippen molar-refractivity contribution < 1.29 is 9.52 Å². The van der Waals surface area contributed by atoms with Gasteiger partial charge in [0.1, 0.15) is 12.0 Å². The number of piperazine rings is 1. The molecule has 5 nitrogen and oxygen atoms in total. The molecule has 1 fully saturated rings. The molecule has 2 rings (SSSR count). The van der Waals surface area contributed by atoms with Crippen LogP contribution in [-0.2, 0) is 6.54 Å². The van der Waals surface area contributed by atoms with Crippen molar-refractivity contribution in [3.8, 4) is 5.75 Å². The molecule has 0 radical (unpaired) electrons. The van der Waals surface area contributed by atoms with Gasteiger partial charge in [-0.15, -0.1) is 0 Å². The van der Waals surface area contributed by atoms with E-state index >= 15 is 0 Å². The maximum absolute atomic E-state index is 11.2. The van der Waals surface area contributed by atoms with Crippen LogP contribution in [0.3, 0.4) is 0 Å². The fourth-order valence-corrected chi connectivity index (χ4v) is 1.75. The van der Waals surface area contributed by atoms with E-state index in [2.05, 4.69) is 16.8 Å². The van der Waals surface area contributed by atoms with Crippen LogP contribution in [0.2, 0.25) is 0 Å². The molecule has 1 aliphatic rings. The van der Waals surface area contributed by atoms with Gasteiger partial charge in [-0.2, -0.15) is 0 Å². The summed E-state index contributed by atoms with van der Waals surface area (Å²) in [6.07, 6.45) is 1.10. The van der Waals surface area contributed by atoms with Gasteiger partial charge >= 0.3 is 0 Å². The predicted octanol–water partition coefficient (Wildman–Crippen LogP) is 0.0928. The first kappa shape index (κ1) is 11.2. The molecule has 1 aromatic rings. The lowest BCUT2D eigenvalue weighted by Crippen LogP contribution is -2.43. The fourth-order valence-electron chi connectivity index (χ4n) is 1.75.